The maximum atomic E-state index is 12.3. The maximum absolute atomic E-state index is 12.3. The van der Waals surface area contributed by atoms with Gasteiger partial charge in [0.2, 0.25) is 11.8 Å². The number of nitrogens with zero attached hydrogens (tertiary/aromatic N) is 3. The largest absolute Gasteiger partial charge is 0.340 e. The molecular formula is C16H26N4O2. The minimum Gasteiger partial charge on any atom is -0.340 e. The average Bonchev–Trinajstić information content (AvgIpc) is 2.74. The van der Waals surface area contributed by atoms with Crippen molar-refractivity contribution < 1.29 is 9.59 Å². The molecule has 0 radical (unpaired) electrons. The highest BCUT2D eigenvalue weighted by atomic mass is 16.2. The zero-order chi connectivity index (χ0) is 16.0. The van der Waals surface area contributed by atoms with E-state index < -0.39 is 5.54 Å². The molecule has 1 aliphatic carbocycles. The van der Waals surface area contributed by atoms with Gasteiger partial charge >= 0.3 is 0 Å². The molecule has 0 unspecified atom stereocenters. The Kier molecular flexibility index (Phi) is 5.78. The van der Waals surface area contributed by atoms with Gasteiger partial charge < -0.3 is 10.2 Å². The molecule has 22 heavy (non-hydrogen) atoms. The first-order valence-electron chi connectivity index (χ1n) is 8.25. The summed E-state index contributed by atoms with van der Waals surface area (Å²) < 4.78 is 0. The van der Waals surface area contributed by atoms with Crippen molar-refractivity contribution in [2.24, 2.45) is 0 Å². The summed E-state index contributed by atoms with van der Waals surface area (Å²) in [4.78, 5) is 27.4. The van der Waals surface area contributed by atoms with Crippen molar-refractivity contribution >= 4 is 11.8 Å². The number of rotatable bonds is 3. The van der Waals surface area contributed by atoms with Gasteiger partial charge in [0.15, 0.2) is 0 Å². The number of nitrogens with one attached hydrogen (secondary N) is 1. The lowest BCUT2D eigenvalue weighted by Gasteiger charge is -2.34. The summed E-state index contributed by atoms with van der Waals surface area (Å²) in [6, 6.07) is 2.34. The number of carbonyl (C=O) groups excluding carboxylic acids is 2. The summed E-state index contributed by atoms with van der Waals surface area (Å²) >= 11 is 0. The first-order chi connectivity index (χ1) is 10.5. The van der Waals surface area contributed by atoms with Crippen LogP contribution in [0.15, 0.2) is 0 Å². The Bertz CT molecular complexity index is 442. The number of amides is 2. The zero-order valence-corrected chi connectivity index (χ0v) is 13.4. The van der Waals surface area contributed by atoms with Crippen LogP contribution in [0.1, 0.15) is 45.4 Å². The predicted octanol–water partition coefficient (Wildman–Crippen LogP) is 0.883. The van der Waals surface area contributed by atoms with Crippen LogP contribution in [0.5, 0.6) is 0 Å². The Morgan fingerprint density at radius 2 is 1.68 bits per heavy atom. The van der Waals surface area contributed by atoms with E-state index in [1.165, 1.54) is 0 Å². The van der Waals surface area contributed by atoms with Gasteiger partial charge in [0.1, 0.15) is 5.54 Å². The van der Waals surface area contributed by atoms with E-state index in [-0.39, 0.29) is 11.8 Å². The molecule has 6 nitrogen and oxygen atoms in total. The van der Waals surface area contributed by atoms with Crippen molar-refractivity contribution in [1.29, 1.82) is 5.26 Å². The van der Waals surface area contributed by atoms with Crippen LogP contribution in [0.25, 0.3) is 0 Å². The van der Waals surface area contributed by atoms with Crippen LogP contribution < -0.4 is 5.32 Å². The number of carbonyl (C=O) groups is 2. The van der Waals surface area contributed by atoms with E-state index in [0.717, 1.165) is 38.5 Å². The molecule has 0 atom stereocenters. The first kappa shape index (κ1) is 16.8. The average molecular weight is 306 g/mol. The number of piperazine rings is 1. The minimum absolute atomic E-state index is 0.0697. The molecule has 2 aliphatic rings. The molecule has 0 aromatic heterocycles. The molecule has 2 fully saturated rings. The van der Waals surface area contributed by atoms with Gasteiger partial charge in [-0.25, -0.2) is 0 Å². The Morgan fingerprint density at radius 1 is 1.09 bits per heavy atom. The third kappa shape index (κ3) is 4.44. The molecule has 1 N–H and O–H groups in total. The Labute approximate surface area is 132 Å². The third-order valence-electron chi connectivity index (χ3n) is 4.73. The van der Waals surface area contributed by atoms with Crippen molar-refractivity contribution in [2.75, 3.05) is 32.7 Å². The molecule has 6 heteroatoms. The molecule has 1 heterocycles. The lowest BCUT2D eigenvalue weighted by molar-refractivity contribution is -0.131. The van der Waals surface area contributed by atoms with Crippen molar-refractivity contribution in [3.8, 4) is 6.07 Å². The van der Waals surface area contributed by atoms with Crippen molar-refractivity contribution in [3.63, 3.8) is 0 Å². The highest BCUT2D eigenvalue weighted by Gasteiger charge is 2.33. The molecule has 1 saturated heterocycles. The fraction of sp³-hybridized carbons (Fsp3) is 0.812. The van der Waals surface area contributed by atoms with Gasteiger partial charge in [0.25, 0.3) is 0 Å². The third-order valence-corrected chi connectivity index (χ3v) is 4.73. The topological polar surface area (TPSA) is 76.4 Å². The van der Waals surface area contributed by atoms with Gasteiger partial charge in [-0.1, -0.05) is 25.7 Å². The Morgan fingerprint density at radius 3 is 2.18 bits per heavy atom. The molecular weight excluding hydrogens is 280 g/mol. The van der Waals surface area contributed by atoms with Crippen LogP contribution >= 0.6 is 0 Å². The van der Waals surface area contributed by atoms with E-state index >= 15 is 0 Å². The lowest BCUT2D eigenvalue weighted by atomic mass is 9.92. The molecule has 0 spiro atoms. The molecule has 0 aromatic rings. The molecule has 1 aliphatic heterocycles. The molecule has 1 saturated carbocycles. The summed E-state index contributed by atoms with van der Waals surface area (Å²) in [5, 5.41) is 12.5. The molecule has 122 valence electrons. The maximum Gasteiger partial charge on any atom is 0.235 e. The normalized spacial score (nSPS) is 22.5. The van der Waals surface area contributed by atoms with Gasteiger partial charge in [0, 0.05) is 33.1 Å². The quantitative estimate of drug-likeness (QED) is 0.785. The fourth-order valence-electron chi connectivity index (χ4n) is 3.33. The second-order valence-electron chi connectivity index (χ2n) is 6.44. The van der Waals surface area contributed by atoms with Crippen LogP contribution in [0.4, 0.5) is 0 Å². The predicted molar refractivity (Wildman–Crippen MR) is 82.9 cm³/mol. The highest BCUT2D eigenvalue weighted by molar-refractivity contribution is 5.79. The van der Waals surface area contributed by atoms with Crippen LogP contribution in [0.2, 0.25) is 0 Å². The smallest absolute Gasteiger partial charge is 0.235 e. The fourth-order valence-corrected chi connectivity index (χ4v) is 3.33. The van der Waals surface area contributed by atoms with E-state index in [1.807, 2.05) is 0 Å². The van der Waals surface area contributed by atoms with E-state index in [4.69, 9.17) is 0 Å². The van der Waals surface area contributed by atoms with Crippen LogP contribution in [-0.4, -0.2) is 59.9 Å². The van der Waals surface area contributed by atoms with E-state index in [9.17, 15) is 14.9 Å². The highest BCUT2D eigenvalue weighted by Crippen LogP contribution is 2.26. The van der Waals surface area contributed by atoms with Crippen molar-refractivity contribution in [1.82, 2.24) is 15.1 Å². The summed E-state index contributed by atoms with van der Waals surface area (Å²) in [5.74, 6) is 0.0192. The number of hydrogen-bond donors (Lipinski definition) is 1. The van der Waals surface area contributed by atoms with Crippen molar-refractivity contribution in [2.45, 2.75) is 51.0 Å². The minimum atomic E-state index is -0.672. The number of nitriles is 1. The Balaban J connectivity index is 1.82. The summed E-state index contributed by atoms with van der Waals surface area (Å²) in [7, 11) is 0. The van der Waals surface area contributed by atoms with Gasteiger partial charge in [0.05, 0.1) is 12.6 Å². The van der Waals surface area contributed by atoms with Crippen LogP contribution in [0.3, 0.4) is 0 Å². The summed E-state index contributed by atoms with van der Waals surface area (Å²) in [6.45, 7) is 4.66. The number of hydrogen-bond acceptors (Lipinski definition) is 4. The molecule has 2 rings (SSSR count). The van der Waals surface area contributed by atoms with Gasteiger partial charge in [-0.05, 0) is 12.8 Å². The van der Waals surface area contributed by atoms with E-state index in [1.54, 1.807) is 11.8 Å². The van der Waals surface area contributed by atoms with E-state index in [0.29, 0.717) is 32.7 Å². The second-order valence-corrected chi connectivity index (χ2v) is 6.44. The second kappa shape index (κ2) is 7.59. The van der Waals surface area contributed by atoms with Crippen LogP contribution in [0, 0.1) is 11.3 Å². The van der Waals surface area contributed by atoms with Crippen molar-refractivity contribution in [3.05, 3.63) is 0 Å². The lowest BCUT2D eigenvalue weighted by Crippen LogP contribution is -2.54. The van der Waals surface area contributed by atoms with Gasteiger partial charge in [-0.15, -0.1) is 0 Å². The van der Waals surface area contributed by atoms with Gasteiger partial charge in [-0.3, -0.25) is 14.5 Å². The zero-order valence-electron chi connectivity index (χ0n) is 13.4. The summed E-state index contributed by atoms with van der Waals surface area (Å²) in [5.41, 5.74) is -0.672. The van der Waals surface area contributed by atoms with E-state index in [2.05, 4.69) is 16.3 Å². The summed E-state index contributed by atoms with van der Waals surface area (Å²) in [6.07, 6.45) is 5.82. The Hall–Kier alpha value is -1.61. The van der Waals surface area contributed by atoms with Gasteiger partial charge in [-0.2, -0.15) is 5.26 Å². The first-order valence-corrected chi connectivity index (χ1v) is 8.25. The SMILES string of the molecule is CC(=O)N1CCN(CC(=O)NC2(C#N)CCCCCC2)CC1. The molecule has 0 bridgehead atoms. The standard InChI is InChI=1S/C16H26N4O2/c1-14(21)20-10-8-19(9-11-20)12-15(22)18-16(13-17)6-4-2-3-5-7-16/h2-12H2,1H3,(H,18,22). The monoisotopic (exact) mass is 306 g/mol. The molecule has 2 amide bonds. The molecule has 0 aromatic carbocycles. The van der Waals surface area contributed by atoms with Crippen LogP contribution in [-0.2, 0) is 9.59 Å².